The van der Waals surface area contributed by atoms with Crippen LogP contribution in [0.4, 0.5) is 0 Å². The highest BCUT2D eigenvalue weighted by molar-refractivity contribution is 5.66. The molecule has 0 spiro atoms. The molecule has 5 heteroatoms. The van der Waals surface area contributed by atoms with Gasteiger partial charge in [-0.2, -0.15) is 0 Å². The number of aliphatic carboxylic acids is 1. The normalized spacial score (nSPS) is 12.6. The van der Waals surface area contributed by atoms with E-state index in [4.69, 9.17) is 5.11 Å². The molecule has 90 valence electrons. The molecule has 1 rings (SSSR count). The zero-order valence-electron chi connectivity index (χ0n) is 9.89. The number of hydrogen-bond acceptors (Lipinski definition) is 3. The Morgan fingerprint density at radius 1 is 1.62 bits per heavy atom. The first-order valence-corrected chi connectivity index (χ1v) is 5.72. The molecular weight excluding hydrogens is 206 g/mol. The number of nitrogens with zero attached hydrogens (tertiary/aromatic N) is 3. The number of aromatic nitrogens is 3. The van der Waals surface area contributed by atoms with E-state index in [1.165, 1.54) is 12.8 Å². The standard InChI is InChI=1S/C11H19N3O2/c1-3-4-9(2)7-14-8-10(12-13-14)5-6-11(15)16/h8-9H,3-7H2,1-2H3,(H,15,16). The highest BCUT2D eigenvalue weighted by atomic mass is 16.4. The minimum atomic E-state index is -0.797. The van der Waals surface area contributed by atoms with Crippen molar-refractivity contribution in [3.05, 3.63) is 11.9 Å². The Hall–Kier alpha value is -1.39. The van der Waals surface area contributed by atoms with Gasteiger partial charge in [-0.3, -0.25) is 9.48 Å². The maximum atomic E-state index is 10.4. The predicted octanol–water partition coefficient (Wildman–Crippen LogP) is 1.73. The van der Waals surface area contributed by atoms with Gasteiger partial charge in [0.15, 0.2) is 0 Å². The fourth-order valence-electron chi connectivity index (χ4n) is 1.68. The Bertz CT molecular complexity index is 336. The average Bonchev–Trinajstić information content (AvgIpc) is 2.63. The lowest BCUT2D eigenvalue weighted by Crippen LogP contribution is -2.07. The molecule has 16 heavy (non-hydrogen) atoms. The van der Waals surface area contributed by atoms with Crippen molar-refractivity contribution in [3.8, 4) is 0 Å². The van der Waals surface area contributed by atoms with Crippen LogP contribution in [0.15, 0.2) is 6.20 Å². The molecule has 0 aliphatic rings. The first-order chi connectivity index (χ1) is 7.61. The van der Waals surface area contributed by atoms with Crippen LogP contribution in [-0.4, -0.2) is 26.1 Å². The largest absolute Gasteiger partial charge is 0.481 e. The lowest BCUT2D eigenvalue weighted by Gasteiger charge is -2.08. The van der Waals surface area contributed by atoms with E-state index in [0.717, 1.165) is 12.2 Å². The molecule has 0 aliphatic heterocycles. The zero-order valence-corrected chi connectivity index (χ0v) is 9.89. The molecule has 1 atom stereocenters. The van der Waals surface area contributed by atoms with Crippen molar-refractivity contribution in [3.63, 3.8) is 0 Å². The molecular formula is C11H19N3O2. The predicted molar refractivity (Wildman–Crippen MR) is 60.1 cm³/mol. The van der Waals surface area contributed by atoms with E-state index in [1.807, 2.05) is 6.20 Å². The van der Waals surface area contributed by atoms with Crippen LogP contribution < -0.4 is 0 Å². The van der Waals surface area contributed by atoms with Gasteiger partial charge in [0, 0.05) is 19.2 Å². The van der Waals surface area contributed by atoms with E-state index in [1.54, 1.807) is 4.68 Å². The van der Waals surface area contributed by atoms with Crippen molar-refractivity contribution < 1.29 is 9.90 Å². The molecule has 0 fully saturated rings. The van der Waals surface area contributed by atoms with Crippen molar-refractivity contribution in [2.45, 2.75) is 46.1 Å². The van der Waals surface area contributed by atoms with Gasteiger partial charge in [0.1, 0.15) is 0 Å². The summed E-state index contributed by atoms with van der Waals surface area (Å²) in [6.07, 6.45) is 4.75. The quantitative estimate of drug-likeness (QED) is 0.767. The van der Waals surface area contributed by atoms with Crippen LogP contribution >= 0.6 is 0 Å². The number of carboxylic acid groups (broad SMARTS) is 1. The summed E-state index contributed by atoms with van der Waals surface area (Å²) in [5.41, 5.74) is 0.756. The molecule has 1 unspecified atom stereocenters. The van der Waals surface area contributed by atoms with Crippen LogP contribution in [0.3, 0.4) is 0 Å². The van der Waals surface area contributed by atoms with E-state index in [9.17, 15) is 4.79 Å². The second kappa shape index (κ2) is 6.25. The van der Waals surface area contributed by atoms with Gasteiger partial charge >= 0.3 is 5.97 Å². The Labute approximate surface area is 95.5 Å². The van der Waals surface area contributed by atoms with Crippen LogP contribution in [0.2, 0.25) is 0 Å². The molecule has 0 aromatic carbocycles. The van der Waals surface area contributed by atoms with Crippen LogP contribution in [0, 0.1) is 5.92 Å². The molecule has 5 nitrogen and oxygen atoms in total. The molecule has 0 saturated carbocycles. The molecule has 1 aromatic rings. The van der Waals surface area contributed by atoms with Gasteiger partial charge in [-0.15, -0.1) is 5.10 Å². The maximum Gasteiger partial charge on any atom is 0.303 e. The van der Waals surface area contributed by atoms with Crippen LogP contribution in [0.5, 0.6) is 0 Å². The molecule has 0 saturated heterocycles. The van der Waals surface area contributed by atoms with Crippen LogP contribution in [-0.2, 0) is 17.8 Å². The third-order valence-corrected chi connectivity index (χ3v) is 2.46. The zero-order chi connectivity index (χ0) is 12.0. The van der Waals surface area contributed by atoms with Crippen LogP contribution in [0.25, 0.3) is 0 Å². The van der Waals surface area contributed by atoms with Crippen molar-refractivity contribution in [2.75, 3.05) is 0 Å². The van der Waals surface area contributed by atoms with E-state index in [-0.39, 0.29) is 6.42 Å². The average molecular weight is 225 g/mol. The fourth-order valence-corrected chi connectivity index (χ4v) is 1.68. The Balaban J connectivity index is 2.41. The summed E-state index contributed by atoms with van der Waals surface area (Å²) in [7, 11) is 0. The lowest BCUT2D eigenvalue weighted by molar-refractivity contribution is -0.136. The second-order valence-electron chi connectivity index (χ2n) is 4.22. The molecule has 1 N–H and O–H groups in total. The third-order valence-electron chi connectivity index (χ3n) is 2.46. The monoisotopic (exact) mass is 225 g/mol. The third kappa shape index (κ3) is 4.42. The number of carboxylic acids is 1. The summed E-state index contributed by atoms with van der Waals surface area (Å²) in [5, 5.41) is 16.5. The van der Waals surface area contributed by atoms with Crippen LogP contribution in [0.1, 0.15) is 38.8 Å². The molecule has 1 heterocycles. The molecule has 0 amide bonds. The van der Waals surface area contributed by atoms with Gasteiger partial charge in [0.25, 0.3) is 0 Å². The van der Waals surface area contributed by atoms with E-state index < -0.39 is 5.97 Å². The van der Waals surface area contributed by atoms with E-state index in [0.29, 0.717) is 12.3 Å². The Kier molecular flexibility index (Phi) is 4.95. The lowest BCUT2D eigenvalue weighted by atomic mass is 10.1. The van der Waals surface area contributed by atoms with Gasteiger partial charge in [-0.25, -0.2) is 0 Å². The summed E-state index contributed by atoms with van der Waals surface area (Å²) >= 11 is 0. The smallest absolute Gasteiger partial charge is 0.303 e. The van der Waals surface area contributed by atoms with E-state index in [2.05, 4.69) is 24.2 Å². The maximum absolute atomic E-state index is 10.4. The Morgan fingerprint density at radius 3 is 3.00 bits per heavy atom. The minimum Gasteiger partial charge on any atom is -0.481 e. The first-order valence-electron chi connectivity index (χ1n) is 5.72. The molecule has 0 bridgehead atoms. The number of rotatable bonds is 7. The Morgan fingerprint density at radius 2 is 2.38 bits per heavy atom. The topological polar surface area (TPSA) is 68.0 Å². The summed E-state index contributed by atoms with van der Waals surface area (Å²) in [4.78, 5) is 10.4. The first kappa shape index (κ1) is 12.7. The summed E-state index contributed by atoms with van der Waals surface area (Å²) in [5.74, 6) is -0.215. The molecule has 0 aliphatic carbocycles. The van der Waals surface area contributed by atoms with Gasteiger partial charge in [0.05, 0.1) is 12.1 Å². The SMILES string of the molecule is CCCC(C)Cn1cc(CCC(=O)O)nn1. The van der Waals surface area contributed by atoms with Crippen molar-refractivity contribution >= 4 is 5.97 Å². The summed E-state index contributed by atoms with van der Waals surface area (Å²) < 4.78 is 1.80. The highest BCUT2D eigenvalue weighted by Gasteiger charge is 2.06. The number of aryl methyl sites for hydroxylation is 1. The second-order valence-corrected chi connectivity index (χ2v) is 4.22. The van der Waals surface area contributed by atoms with E-state index >= 15 is 0 Å². The fraction of sp³-hybridized carbons (Fsp3) is 0.727. The number of hydrogen-bond donors (Lipinski definition) is 1. The summed E-state index contributed by atoms with van der Waals surface area (Å²) in [6, 6.07) is 0. The van der Waals surface area contributed by atoms with Crippen molar-refractivity contribution in [2.24, 2.45) is 5.92 Å². The highest BCUT2D eigenvalue weighted by Crippen LogP contribution is 2.08. The summed E-state index contributed by atoms with van der Waals surface area (Å²) in [6.45, 7) is 5.20. The van der Waals surface area contributed by atoms with Gasteiger partial charge in [-0.1, -0.05) is 25.5 Å². The number of carbonyl (C=O) groups is 1. The van der Waals surface area contributed by atoms with Crippen molar-refractivity contribution in [1.29, 1.82) is 0 Å². The van der Waals surface area contributed by atoms with Crippen molar-refractivity contribution in [1.82, 2.24) is 15.0 Å². The van der Waals surface area contributed by atoms with Gasteiger partial charge in [-0.05, 0) is 12.3 Å². The van der Waals surface area contributed by atoms with Gasteiger partial charge in [0.2, 0.25) is 0 Å². The molecule has 0 radical (unpaired) electrons. The minimum absolute atomic E-state index is 0.114. The van der Waals surface area contributed by atoms with Gasteiger partial charge < -0.3 is 5.11 Å². The molecule has 1 aromatic heterocycles.